The second-order valence-electron chi connectivity index (χ2n) is 5.05. The van der Waals surface area contributed by atoms with Crippen LogP contribution < -0.4 is 10.5 Å². The fourth-order valence-corrected chi connectivity index (χ4v) is 2.54. The van der Waals surface area contributed by atoms with Gasteiger partial charge in [-0.25, -0.2) is 0 Å². The van der Waals surface area contributed by atoms with Crippen molar-refractivity contribution in [2.45, 2.75) is 25.7 Å². The minimum Gasteiger partial charge on any atom is -0.496 e. The summed E-state index contributed by atoms with van der Waals surface area (Å²) in [7, 11) is 1.72. The van der Waals surface area contributed by atoms with Crippen LogP contribution in [0.2, 0.25) is 0 Å². The summed E-state index contributed by atoms with van der Waals surface area (Å²) >= 11 is 0. The van der Waals surface area contributed by atoms with Crippen LogP contribution >= 0.6 is 0 Å². The highest BCUT2D eigenvalue weighted by molar-refractivity contribution is 5.41. The van der Waals surface area contributed by atoms with Gasteiger partial charge in [0.25, 0.3) is 0 Å². The Morgan fingerprint density at radius 3 is 2.40 bits per heavy atom. The van der Waals surface area contributed by atoms with Gasteiger partial charge in [0.2, 0.25) is 0 Å². The van der Waals surface area contributed by atoms with E-state index < -0.39 is 0 Å². The molecule has 0 aliphatic carbocycles. The number of methoxy groups -OCH3 is 1. The van der Waals surface area contributed by atoms with Gasteiger partial charge in [0, 0.05) is 5.92 Å². The molecule has 0 fully saturated rings. The van der Waals surface area contributed by atoms with E-state index in [-0.39, 0.29) is 0 Å². The van der Waals surface area contributed by atoms with E-state index in [1.165, 1.54) is 16.7 Å². The third-order valence-corrected chi connectivity index (χ3v) is 3.75. The van der Waals surface area contributed by atoms with Crippen LogP contribution in [0.1, 0.15) is 29.5 Å². The molecule has 2 rings (SSSR count). The molecule has 0 aromatic heterocycles. The summed E-state index contributed by atoms with van der Waals surface area (Å²) < 4.78 is 5.51. The summed E-state index contributed by atoms with van der Waals surface area (Å²) in [5.74, 6) is 1.23. The first-order valence-electron chi connectivity index (χ1n) is 7.19. The molecule has 20 heavy (non-hydrogen) atoms. The van der Waals surface area contributed by atoms with Gasteiger partial charge in [-0.2, -0.15) is 0 Å². The number of hydrogen-bond donors (Lipinski definition) is 1. The lowest BCUT2D eigenvalue weighted by atomic mass is 9.90. The highest BCUT2D eigenvalue weighted by atomic mass is 16.5. The first kappa shape index (κ1) is 14.6. The van der Waals surface area contributed by atoms with E-state index in [2.05, 4.69) is 49.4 Å². The number of nitrogens with two attached hydrogens (primary N) is 1. The van der Waals surface area contributed by atoms with Crippen molar-refractivity contribution in [3.63, 3.8) is 0 Å². The number of ether oxygens (including phenoxy) is 1. The maximum absolute atomic E-state index is 6.01. The van der Waals surface area contributed by atoms with Gasteiger partial charge >= 0.3 is 0 Å². The lowest BCUT2D eigenvalue weighted by Crippen LogP contribution is -2.16. The maximum Gasteiger partial charge on any atom is 0.122 e. The fourth-order valence-electron chi connectivity index (χ4n) is 2.54. The van der Waals surface area contributed by atoms with Crippen LogP contribution in [0.4, 0.5) is 0 Å². The molecule has 0 spiro atoms. The zero-order valence-corrected chi connectivity index (χ0v) is 12.3. The summed E-state index contributed by atoms with van der Waals surface area (Å²) in [6.45, 7) is 2.79. The molecule has 106 valence electrons. The second kappa shape index (κ2) is 7.11. The number of benzene rings is 2. The summed E-state index contributed by atoms with van der Waals surface area (Å²) in [6, 6.07) is 16.9. The minimum absolute atomic E-state index is 0.291. The van der Waals surface area contributed by atoms with E-state index in [9.17, 15) is 0 Å². The van der Waals surface area contributed by atoms with Crippen LogP contribution in [-0.4, -0.2) is 13.7 Å². The van der Waals surface area contributed by atoms with Crippen molar-refractivity contribution in [3.05, 3.63) is 65.2 Å². The van der Waals surface area contributed by atoms with Gasteiger partial charge in [0.05, 0.1) is 7.11 Å². The average Bonchev–Trinajstić information content (AvgIpc) is 2.53. The van der Waals surface area contributed by atoms with Crippen molar-refractivity contribution < 1.29 is 4.74 Å². The molecule has 0 radical (unpaired) electrons. The molecule has 0 heterocycles. The molecular formula is C18H23NO. The van der Waals surface area contributed by atoms with Gasteiger partial charge < -0.3 is 10.5 Å². The van der Waals surface area contributed by atoms with Crippen LogP contribution in [0, 0.1) is 0 Å². The molecule has 0 bridgehead atoms. The standard InChI is InChI=1S/C18H23NO/c1-3-14-9-10-18(20-2)17(12-14)16(13-19)11-15-7-5-4-6-8-15/h4-10,12,16H,3,11,13,19H2,1-2H3. The Balaban J connectivity index is 2.30. The van der Waals surface area contributed by atoms with Gasteiger partial charge in [-0.05, 0) is 42.1 Å². The molecule has 1 atom stereocenters. The number of hydrogen-bond acceptors (Lipinski definition) is 2. The Hall–Kier alpha value is -1.80. The quantitative estimate of drug-likeness (QED) is 0.870. The van der Waals surface area contributed by atoms with E-state index in [1.54, 1.807) is 7.11 Å². The zero-order valence-electron chi connectivity index (χ0n) is 12.3. The molecule has 2 nitrogen and oxygen atoms in total. The highest BCUT2D eigenvalue weighted by Crippen LogP contribution is 2.30. The Kier molecular flexibility index (Phi) is 5.19. The van der Waals surface area contributed by atoms with Gasteiger partial charge in [-0.1, -0.05) is 49.4 Å². The molecule has 1 unspecified atom stereocenters. The van der Waals surface area contributed by atoms with E-state index in [4.69, 9.17) is 10.5 Å². The largest absolute Gasteiger partial charge is 0.496 e. The van der Waals surface area contributed by atoms with Crippen molar-refractivity contribution in [1.82, 2.24) is 0 Å². The minimum atomic E-state index is 0.291. The third-order valence-electron chi connectivity index (χ3n) is 3.75. The number of rotatable bonds is 6. The molecule has 2 heteroatoms. The second-order valence-corrected chi connectivity index (χ2v) is 5.05. The van der Waals surface area contributed by atoms with Crippen molar-refractivity contribution >= 4 is 0 Å². The Morgan fingerprint density at radius 2 is 1.80 bits per heavy atom. The SMILES string of the molecule is CCc1ccc(OC)c(C(CN)Cc2ccccc2)c1. The Labute approximate surface area is 121 Å². The predicted octanol–water partition coefficient (Wildman–Crippen LogP) is 3.54. The van der Waals surface area contributed by atoms with Gasteiger partial charge in [0.15, 0.2) is 0 Å². The molecule has 2 aromatic rings. The lowest BCUT2D eigenvalue weighted by molar-refractivity contribution is 0.405. The summed E-state index contributed by atoms with van der Waals surface area (Å²) in [4.78, 5) is 0. The first-order valence-corrected chi connectivity index (χ1v) is 7.19. The summed E-state index contributed by atoms with van der Waals surface area (Å²) in [5, 5.41) is 0. The molecule has 0 aliphatic heterocycles. The smallest absolute Gasteiger partial charge is 0.122 e. The van der Waals surface area contributed by atoms with Crippen LogP contribution in [-0.2, 0) is 12.8 Å². The van der Waals surface area contributed by atoms with Gasteiger partial charge in [-0.3, -0.25) is 0 Å². The number of aryl methyl sites for hydroxylation is 1. The maximum atomic E-state index is 6.01. The normalized spacial score (nSPS) is 12.2. The Morgan fingerprint density at radius 1 is 1.05 bits per heavy atom. The van der Waals surface area contributed by atoms with E-state index >= 15 is 0 Å². The molecule has 0 saturated heterocycles. The van der Waals surface area contributed by atoms with Crippen molar-refractivity contribution in [2.24, 2.45) is 5.73 Å². The van der Waals surface area contributed by atoms with Crippen LogP contribution in [0.15, 0.2) is 48.5 Å². The zero-order chi connectivity index (χ0) is 14.4. The molecule has 0 saturated carbocycles. The topological polar surface area (TPSA) is 35.2 Å². The van der Waals surface area contributed by atoms with E-state index in [0.29, 0.717) is 12.5 Å². The van der Waals surface area contributed by atoms with Crippen LogP contribution in [0.5, 0.6) is 5.75 Å². The van der Waals surface area contributed by atoms with Crippen LogP contribution in [0.25, 0.3) is 0 Å². The summed E-state index contributed by atoms with van der Waals surface area (Å²) in [6.07, 6.45) is 1.97. The van der Waals surface area contributed by atoms with Crippen molar-refractivity contribution in [2.75, 3.05) is 13.7 Å². The van der Waals surface area contributed by atoms with E-state index in [1.807, 2.05) is 6.07 Å². The van der Waals surface area contributed by atoms with Crippen molar-refractivity contribution in [1.29, 1.82) is 0 Å². The van der Waals surface area contributed by atoms with Gasteiger partial charge in [-0.15, -0.1) is 0 Å². The highest BCUT2D eigenvalue weighted by Gasteiger charge is 2.16. The molecular weight excluding hydrogens is 246 g/mol. The fraction of sp³-hybridized carbons (Fsp3) is 0.333. The average molecular weight is 269 g/mol. The van der Waals surface area contributed by atoms with Gasteiger partial charge in [0.1, 0.15) is 5.75 Å². The first-order chi connectivity index (χ1) is 9.78. The van der Waals surface area contributed by atoms with Crippen LogP contribution in [0.3, 0.4) is 0 Å². The molecule has 0 aliphatic rings. The predicted molar refractivity (Wildman–Crippen MR) is 84.3 cm³/mol. The molecule has 0 amide bonds. The monoisotopic (exact) mass is 269 g/mol. The third kappa shape index (κ3) is 3.40. The Bertz CT molecular complexity index is 536. The van der Waals surface area contributed by atoms with E-state index in [0.717, 1.165) is 18.6 Å². The molecule has 2 aromatic carbocycles. The van der Waals surface area contributed by atoms with Crippen molar-refractivity contribution in [3.8, 4) is 5.75 Å². The summed E-state index contributed by atoms with van der Waals surface area (Å²) in [5.41, 5.74) is 9.87. The molecule has 2 N–H and O–H groups in total. The lowest BCUT2D eigenvalue weighted by Gasteiger charge is -2.19.